The van der Waals surface area contributed by atoms with Crippen LogP contribution in [0, 0.1) is 0 Å². The van der Waals surface area contributed by atoms with Crippen LogP contribution in [-0.2, 0) is 0 Å². The van der Waals surface area contributed by atoms with Gasteiger partial charge in [0, 0.05) is 17.1 Å². The topological polar surface area (TPSA) is 15.3 Å². The minimum atomic E-state index is 0.411. The Morgan fingerprint density at radius 2 is 1.84 bits per heavy atom. The molecule has 1 aromatic rings. The van der Waals surface area contributed by atoms with E-state index in [4.69, 9.17) is 11.6 Å². The average molecular weight is 283 g/mol. The number of halogens is 1. The van der Waals surface area contributed by atoms with Gasteiger partial charge in [0.25, 0.3) is 0 Å². The number of hydrogen-bond acceptors (Lipinski definition) is 2. The van der Waals surface area contributed by atoms with Crippen molar-refractivity contribution in [1.82, 2.24) is 10.2 Å². The summed E-state index contributed by atoms with van der Waals surface area (Å²) < 4.78 is 0. The van der Waals surface area contributed by atoms with Crippen molar-refractivity contribution in [2.75, 3.05) is 20.1 Å². The van der Waals surface area contributed by atoms with Gasteiger partial charge < -0.3 is 10.2 Å². The Kier molecular flexibility index (Phi) is 7.44. The molecule has 0 saturated carbocycles. The molecule has 0 radical (unpaired) electrons. The lowest BCUT2D eigenvalue weighted by atomic mass is 10.0. The van der Waals surface area contributed by atoms with Crippen LogP contribution in [0.5, 0.6) is 0 Å². The van der Waals surface area contributed by atoms with Gasteiger partial charge in [-0.25, -0.2) is 0 Å². The van der Waals surface area contributed by atoms with E-state index < -0.39 is 0 Å². The van der Waals surface area contributed by atoms with Gasteiger partial charge in [-0.1, -0.05) is 37.6 Å². The minimum Gasteiger partial charge on any atom is -0.310 e. The lowest BCUT2D eigenvalue weighted by molar-refractivity contribution is 0.238. The van der Waals surface area contributed by atoms with E-state index in [0.717, 1.165) is 24.5 Å². The summed E-state index contributed by atoms with van der Waals surface area (Å²) in [5.74, 6) is 0. The largest absolute Gasteiger partial charge is 0.310 e. The molecule has 1 rings (SSSR count). The smallest absolute Gasteiger partial charge is 0.0406 e. The Morgan fingerprint density at radius 1 is 1.21 bits per heavy atom. The first-order chi connectivity index (χ1) is 9.08. The maximum atomic E-state index is 5.95. The highest BCUT2D eigenvalue weighted by molar-refractivity contribution is 6.30. The van der Waals surface area contributed by atoms with Gasteiger partial charge >= 0.3 is 0 Å². The SMILES string of the molecule is CCNC(CCN(C)C(C)CC)c1ccc(Cl)cc1. The third kappa shape index (κ3) is 5.52. The molecule has 0 aromatic heterocycles. The average Bonchev–Trinajstić information content (AvgIpc) is 2.43. The summed E-state index contributed by atoms with van der Waals surface area (Å²) in [7, 11) is 2.21. The number of hydrogen-bond donors (Lipinski definition) is 1. The quantitative estimate of drug-likeness (QED) is 0.772. The van der Waals surface area contributed by atoms with Crippen LogP contribution in [0.3, 0.4) is 0 Å². The van der Waals surface area contributed by atoms with E-state index >= 15 is 0 Å². The van der Waals surface area contributed by atoms with Crippen LogP contribution in [-0.4, -0.2) is 31.1 Å². The standard InChI is InChI=1S/C16H27ClN2/c1-5-13(3)19(4)12-11-16(18-6-2)14-7-9-15(17)10-8-14/h7-10,13,16,18H,5-6,11-12H2,1-4H3. The third-order valence-corrected chi connectivity index (χ3v) is 4.09. The van der Waals surface area contributed by atoms with Crippen molar-refractivity contribution >= 4 is 11.6 Å². The first-order valence-corrected chi connectivity index (χ1v) is 7.65. The summed E-state index contributed by atoms with van der Waals surface area (Å²) in [6.45, 7) is 8.77. The molecule has 0 spiro atoms. The second-order valence-electron chi connectivity index (χ2n) is 5.19. The molecule has 0 heterocycles. The lowest BCUT2D eigenvalue weighted by Crippen LogP contribution is -2.32. The van der Waals surface area contributed by atoms with E-state index in [2.05, 4.69) is 50.2 Å². The fourth-order valence-electron chi connectivity index (χ4n) is 2.19. The van der Waals surface area contributed by atoms with E-state index in [1.807, 2.05) is 12.1 Å². The van der Waals surface area contributed by atoms with Gasteiger partial charge in [-0.05, 0) is 57.6 Å². The molecule has 0 amide bonds. The first-order valence-electron chi connectivity index (χ1n) is 7.27. The molecule has 0 aliphatic heterocycles. The molecule has 1 N–H and O–H groups in total. The zero-order chi connectivity index (χ0) is 14.3. The fourth-order valence-corrected chi connectivity index (χ4v) is 2.32. The molecule has 2 atom stereocenters. The fraction of sp³-hybridized carbons (Fsp3) is 0.625. The van der Waals surface area contributed by atoms with Crippen molar-refractivity contribution in [2.45, 2.75) is 45.7 Å². The van der Waals surface area contributed by atoms with Crippen LogP contribution < -0.4 is 5.32 Å². The number of nitrogens with zero attached hydrogens (tertiary/aromatic N) is 1. The molecule has 3 heteroatoms. The summed E-state index contributed by atoms with van der Waals surface area (Å²) in [6.07, 6.45) is 2.32. The molecule has 108 valence electrons. The Labute approximate surface area is 123 Å². The summed E-state index contributed by atoms with van der Waals surface area (Å²) >= 11 is 5.95. The van der Waals surface area contributed by atoms with E-state index in [-0.39, 0.29) is 0 Å². The highest BCUT2D eigenvalue weighted by Gasteiger charge is 2.13. The predicted molar refractivity (Wildman–Crippen MR) is 84.9 cm³/mol. The van der Waals surface area contributed by atoms with Crippen LogP contribution >= 0.6 is 11.6 Å². The van der Waals surface area contributed by atoms with Crippen molar-refractivity contribution in [1.29, 1.82) is 0 Å². The molecular formula is C16H27ClN2. The lowest BCUT2D eigenvalue weighted by Gasteiger charge is -2.26. The monoisotopic (exact) mass is 282 g/mol. The molecule has 2 nitrogen and oxygen atoms in total. The minimum absolute atomic E-state index is 0.411. The van der Waals surface area contributed by atoms with Crippen molar-refractivity contribution in [2.24, 2.45) is 0 Å². The van der Waals surface area contributed by atoms with E-state index in [9.17, 15) is 0 Å². The number of benzene rings is 1. The van der Waals surface area contributed by atoms with Crippen molar-refractivity contribution in [3.63, 3.8) is 0 Å². The van der Waals surface area contributed by atoms with Crippen molar-refractivity contribution in [3.8, 4) is 0 Å². The van der Waals surface area contributed by atoms with Gasteiger partial charge in [0.1, 0.15) is 0 Å². The van der Waals surface area contributed by atoms with Crippen LogP contribution in [0.1, 0.15) is 45.2 Å². The Bertz CT molecular complexity index is 350. The highest BCUT2D eigenvalue weighted by atomic mass is 35.5. The van der Waals surface area contributed by atoms with Crippen LogP contribution in [0.4, 0.5) is 0 Å². The van der Waals surface area contributed by atoms with Crippen molar-refractivity contribution < 1.29 is 0 Å². The maximum absolute atomic E-state index is 5.95. The van der Waals surface area contributed by atoms with E-state index in [0.29, 0.717) is 12.1 Å². The van der Waals surface area contributed by atoms with E-state index in [1.54, 1.807) is 0 Å². The van der Waals surface area contributed by atoms with Gasteiger partial charge in [-0.15, -0.1) is 0 Å². The second-order valence-corrected chi connectivity index (χ2v) is 5.62. The molecule has 0 fully saturated rings. The van der Waals surface area contributed by atoms with Gasteiger partial charge in [0.15, 0.2) is 0 Å². The molecule has 0 bridgehead atoms. The van der Waals surface area contributed by atoms with Crippen molar-refractivity contribution in [3.05, 3.63) is 34.9 Å². The number of rotatable bonds is 8. The van der Waals surface area contributed by atoms with Crippen LogP contribution in [0.15, 0.2) is 24.3 Å². The molecular weight excluding hydrogens is 256 g/mol. The molecule has 0 saturated heterocycles. The van der Waals surface area contributed by atoms with Gasteiger partial charge in [-0.2, -0.15) is 0 Å². The summed E-state index contributed by atoms with van der Waals surface area (Å²) in [5.41, 5.74) is 1.32. The first kappa shape index (κ1) is 16.5. The molecule has 2 unspecified atom stereocenters. The summed E-state index contributed by atoms with van der Waals surface area (Å²) in [6, 6.07) is 9.25. The molecule has 0 aliphatic rings. The maximum Gasteiger partial charge on any atom is 0.0406 e. The Hall–Kier alpha value is -0.570. The van der Waals surface area contributed by atoms with Gasteiger partial charge in [0.2, 0.25) is 0 Å². The number of nitrogens with one attached hydrogen (secondary N) is 1. The highest BCUT2D eigenvalue weighted by Crippen LogP contribution is 2.20. The molecule has 1 aromatic carbocycles. The van der Waals surface area contributed by atoms with E-state index in [1.165, 1.54) is 12.0 Å². The molecule has 0 aliphatic carbocycles. The zero-order valence-electron chi connectivity index (χ0n) is 12.6. The van der Waals surface area contributed by atoms with Crippen LogP contribution in [0.2, 0.25) is 5.02 Å². The second kappa shape index (κ2) is 8.57. The Balaban J connectivity index is 2.60. The summed E-state index contributed by atoms with van der Waals surface area (Å²) in [5, 5.41) is 4.36. The predicted octanol–water partition coefficient (Wildman–Crippen LogP) is 4.11. The summed E-state index contributed by atoms with van der Waals surface area (Å²) in [4.78, 5) is 2.43. The van der Waals surface area contributed by atoms with Gasteiger partial charge in [-0.3, -0.25) is 0 Å². The van der Waals surface area contributed by atoms with Crippen LogP contribution in [0.25, 0.3) is 0 Å². The van der Waals surface area contributed by atoms with Gasteiger partial charge in [0.05, 0.1) is 0 Å². The Morgan fingerprint density at radius 3 is 2.37 bits per heavy atom. The normalized spacial score (nSPS) is 14.6. The molecule has 19 heavy (non-hydrogen) atoms. The zero-order valence-corrected chi connectivity index (χ0v) is 13.4. The third-order valence-electron chi connectivity index (χ3n) is 3.84.